The third-order valence-electron chi connectivity index (χ3n) is 4.61. The summed E-state index contributed by atoms with van der Waals surface area (Å²) < 4.78 is 8.93. The molecule has 0 bridgehead atoms. The summed E-state index contributed by atoms with van der Waals surface area (Å²) in [6.07, 6.45) is 4.78. The zero-order valence-electron chi connectivity index (χ0n) is 12.7. The average Bonchev–Trinajstić information content (AvgIpc) is 3.04. The number of aromatic nitrogens is 3. The fourth-order valence-electron chi connectivity index (χ4n) is 3.81. The van der Waals surface area contributed by atoms with E-state index in [1.165, 1.54) is 10.4 Å². The lowest BCUT2D eigenvalue weighted by Gasteiger charge is -2.46. The van der Waals surface area contributed by atoms with Crippen molar-refractivity contribution in [3.05, 3.63) is 32.7 Å². The van der Waals surface area contributed by atoms with Gasteiger partial charge in [0, 0.05) is 37.0 Å². The molecular weight excluding hydrogens is 320 g/mol. The molecule has 0 amide bonds. The first-order chi connectivity index (χ1) is 10.6. The van der Waals surface area contributed by atoms with Crippen molar-refractivity contribution in [2.24, 2.45) is 7.05 Å². The summed E-state index contributed by atoms with van der Waals surface area (Å²) in [7, 11) is 1.90. The van der Waals surface area contributed by atoms with E-state index >= 15 is 0 Å². The summed E-state index contributed by atoms with van der Waals surface area (Å²) in [6.45, 7) is 2.97. The summed E-state index contributed by atoms with van der Waals surface area (Å²) in [4.78, 5) is 1.38. The van der Waals surface area contributed by atoms with Crippen LogP contribution in [0.15, 0.2) is 12.3 Å². The number of nitrogens with one attached hydrogen (secondary N) is 1. The van der Waals surface area contributed by atoms with Gasteiger partial charge in [0.2, 0.25) is 0 Å². The number of ether oxygens (including phenoxy) is 1. The molecule has 0 aromatic carbocycles. The maximum Gasteiger partial charge on any atom is 0.0997 e. The Bertz CT molecular complexity index is 700. The van der Waals surface area contributed by atoms with Crippen molar-refractivity contribution in [2.45, 2.75) is 43.9 Å². The van der Waals surface area contributed by atoms with Crippen molar-refractivity contribution < 1.29 is 4.74 Å². The second-order valence-electron chi connectivity index (χ2n) is 6.33. The predicted octanol–water partition coefficient (Wildman–Crippen LogP) is 2.81. The van der Waals surface area contributed by atoms with Crippen molar-refractivity contribution in [3.63, 3.8) is 0 Å². The molecule has 0 saturated carbocycles. The van der Waals surface area contributed by atoms with E-state index in [0.717, 1.165) is 35.9 Å². The van der Waals surface area contributed by atoms with Crippen molar-refractivity contribution in [1.82, 2.24) is 20.3 Å². The Labute approximate surface area is 138 Å². The third-order valence-corrected chi connectivity index (χ3v) is 5.93. The van der Waals surface area contributed by atoms with Gasteiger partial charge in [-0.3, -0.25) is 4.68 Å². The summed E-state index contributed by atoms with van der Waals surface area (Å²) >= 11 is 7.96. The van der Waals surface area contributed by atoms with E-state index < -0.39 is 0 Å². The van der Waals surface area contributed by atoms with Crippen molar-refractivity contribution >= 4 is 22.9 Å². The number of piperidine rings is 1. The maximum absolute atomic E-state index is 6.33. The number of aryl methyl sites for hydroxylation is 1. The molecule has 2 aromatic rings. The minimum Gasteiger partial charge on any atom is -0.370 e. The highest BCUT2D eigenvalue weighted by molar-refractivity contribution is 7.16. The van der Waals surface area contributed by atoms with Gasteiger partial charge >= 0.3 is 0 Å². The first-order valence-corrected chi connectivity index (χ1v) is 8.80. The predicted molar refractivity (Wildman–Crippen MR) is 86.2 cm³/mol. The number of hydrogen-bond acceptors (Lipinski definition) is 5. The van der Waals surface area contributed by atoms with E-state index in [4.69, 9.17) is 16.3 Å². The minimum absolute atomic E-state index is 0.155. The smallest absolute Gasteiger partial charge is 0.0997 e. The van der Waals surface area contributed by atoms with Gasteiger partial charge in [0.15, 0.2) is 0 Å². The van der Waals surface area contributed by atoms with Crippen LogP contribution in [0.3, 0.4) is 0 Å². The molecule has 5 nitrogen and oxygen atoms in total. The molecule has 2 aliphatic heterocycles. The normalized spacial score (nSPS) is 31.4. The van der Waals surface area contributed by atoms with E-state index in [0.29, 0.717) is 6.04 Å². The Morgan fingerprint density at radius 2 is 2.36 bits per heavy atom. The topological polar surface area (TPSA) is 52.0 Å². The lowest BCUT2D eigenvalue weighted by atomic mass is 9.77. The van der Waals surface area contributed by atoms with Gasteiger partial charge in [0.1, 0.15) is 0 Å². The Morgan fingerprint density at radius 1 is 1.50 bits per heavy atom. The third kappa shape index (κ3) is 2.38. The van der Waals surface area contributed by atoms with Crippen LogP contribution < -0.4 is 5.32 Å². The summed E-state index contributed by atoms with van der Waals surface area (Å²) in [5.74, 6) is 0. The van der Waals surface area contributed by atoms with Crippen LogP contribution in [-0.2, 0) is 23.8 Å². The van der Waals surface area contributed by atoms with Gasteiger partial charge in [0.25, 0.3) is 0 Å². The van der Waals surface area contributed by atoms with Crippen LogP contribution in [0.2, 0.25) is 4.34 Å². The summed E-state index contributed by atoms with van der Waals surface area (Å²) in [6, 6.07) is 2.61. The number of nitrogens with zero attached hydrogens (tertiary/aromatic N) is 3. The lowest BCUT2D eigenvalue weighted by molar-refractivity contribution is -0.0978. The van der Waals surface area contributed by atoms with Gasteiger partial charge in [-0.25, -0.2) is 0 Å². The molecule has 1 spiro atoms. The molecule has 1 saturated heterocycles. The zero-order valence-corrected chi connectivity index (χ0v) is 14.2. The Hall–Kier alpha value is -0.950. The average molecular weight is 339 g/mol. The molecule has 7 heteroatoms. The molecule has 3 atom stereocenters. The van der Waals surface area contributed by atoms with Gasteiger partial charge in [0.05, 0.1) is 28.3 Å². The molecule has 1 N–H and O–H groups in total. The van der Waals surface area contributed by atoms with Crippen LogP contribution in [0.5, 0.6) is 0 Å². The molecule has 4 rings (SSSR count). The summed E-state index contributed by atoms with van der Waals surface area (Å²) in [5, 5.41) is 12.0. The quantitative estimate of drug-likeness (QED) is 0.868. The number of rotatable bonds is 1. The second kappa shape index (κ2) is 5.30. The number of hydrogen-bond donors (Lipinski definition) is 1. The van der Waals surface area contributed by atoms with Crippen LogP contribution in [-0.4, -0.2) is 27.6 Å². The molecule has 118 valence electrons. The first kappa shape index (κ1) is 14.6. The van der Waals surface area contributed by atoms with Crippen molar-refractivity contribution in [1.29, 1.82) is 0 Å². The van der Waals surface area contributed by atoms with Crippen LogP contribution in [0.25, 0.3) is 0 Å². The monoisotopic (exact) mass is 338 g/mol. The molecule has 0 aliphatic carbocycles. The van der Waals surface area contributed by atoms with Crippen molar-refractivity contribution in [3.8, 4) is 0 Å². The fraction of sp³-hybridized carbons (Fsp3) is 0.600. The molecule has 0 radical (unpaired) electrons. The van der Waals surface area contributed by atoms with Gasteiger partial charge in [-0.05, 0) is 25.0 Å². The van der Waals surface area contributed by atoms with Crippen LogP contribution in [0, 0.1) is 0 Å². The number of thiophene rings is 1. The van der Waals surface area contributed by atoms with E-state index in [9.17, 15) is 0 Å². The zero-order chi connectivity index (χ0) is 15.3. The fourth-order valence-corrected chi connectivity index (χ4v) is 5.15. The maximum atomic E-state index is 6.33. The van der Waals surface area contributed by atoms with Crippen molar-refractivity contribution in [2.75, 3.05) is 6.61 Å². The standard InChI is InChI=1S/C15H19ClN4OS/c1-9-6-15(7-11(17-9)12-8-20(2)19-18-12)10-5-14(16)22-13(10)3-4-21-15/h5,8-9,11,17H,3-4,6-7H2,1-2H3/t9-,11-,15?/m0/s1. The van der Waals surface area contributed by atoms with Crippen LogP contribution in [0.1, 0.15) is 41.9 Å². The van der Waals surface area contributed by atoms with Gasteiger partial charge in [-0.1, -0.05) is 16.8 Å². The van der Waals surface area contributed by atoms with Gasteiger partial charge < -0.3 is 10.1 Å². The second-order valence-corrected chi connectivity index (χ2v) is 8.09. The molecule has 2 aromatic heterocycles. The SMILES string of the molecule is C[C@H]1CC2(C[C@@H](c3cn(C)nn3)N1)OCCc1sc(Cl)cc12. The highest BCUT2D eigenvalue weighted by Crippen LogP contribution is 2.48. The number of halogens is 1. The van der Waals surface area contributed by atoms with Crippen LogP contribution in [0.4, 0.5) is 0 Å². The van der Waals surface area contributed by atoms with Crippen LogP contribution >= 0.6 is 22.9 Å². The van der Waals surface area contributed by atoms with E-state index in [1.54, 1.807) is 16.0 Å². The Kier molecular flexibility index (Phi) is 3.52. The minimum atomic E-state index is -0.246. The van der Waals surface area contributed by atoms with Gasteiger partial charge in [-0.15, -0.1) is 16.4 Å². The lowest BCUT2D eigenvalue weighted by Crippen LogP contribution is -2.49. The Morgan fingerprint density at radius 3 is 3.14 bits per heavy atom. The molecule has 22 heavy (non-hydrogen) atoms. The van der Waals surface area contributed by atoms with E-state index in [1.807, 2.05) is 13.2 Å². The molecule has 4 heterocycles. The molecular formula is C15H19ClN4OS. The first-order valence-electron chi connectivity index (χ1n) is 7.61. The Balaban J connectivity index is 1.72. The largest absolute Gasteiger partial charge is 0.370 e. The van der Waals surface area contributed by atoms with E-state index in [2.05, 4.69) is 28.6 Å². The van der Waals surface area contributed by atoms with Gasteiger partial charge in [-0.2, -0.15) is 0 Å². The highest BCUT2D eigenvalue weighted by atomic mass is 35.5. The molecule has 2 aliphatic rings. The van der Waals surface area contributed by atoms with E-state index in [-0.39, 0.29) is 11.6 Å². The molecule has 1 unspecified atom stereocenters. The number of fused-ring (bicyclic) bond motifs is 2. The molecule has 1 fully saturated rings. The summed E-state index contributed by atoms with van der Waals surface area (Å²) in [5.41, 5.74) is 2.02. The highest BCUT2D eigenvalue weighted by Gasteiger charge is 2.46.